The van der Waals surface area contributed by atoms with Crippen LogP contribution in [0.3, 0.4) is 0 Å². The van der Waals surface area contributed by atoms with Gasteiger partial charge in [-0.3, -0.25) is 9.59 Å². The lowest BCUT2D eigenvalue weighted by atomic mass is 10.2. The summed E-state index contributed by atoms with van der Waals surface area (Å²) in [7, 11) is 0. The van der Waals surface area contributed by atoms with Crippen LogP contribution < -0.4 is 10.9 Å². The van der Waals surface area contributed by atoms with E-state index in [1.165, 1.54) is 4.68 Å². The second-order valence-electron chi connectivity index (χ2n) is 8.37. The van der Waals surface area contributed by atoms with Crippen molar-refractivity contribution >= 4 is 34.1 Å². The van der Waals surface area contributed by atoms with Gasteiger partial charge in [-0.15, -0.1) is 0 Å². The van der Waals surface area contributed by atoms with Crippen molar-refractivity contribution < 1.29 is 4.79 Å². The highest BCUT2D eigenvalue weighted by molar-refractivity contribution is 6.33. The Morgan fingerprint density at radius 2 is 1.71 bits per heavy atom. The van der Waals surface area contributed by atoms with Crippen molar-refractivity contribution in [2.45, 2.75) is 26.8 Å². The lowest BCUT2D eigenvalue weighted by molar-refractivity contribution is -0.119. The van der Waals surface area contributed by atoms with Gasteiger partial charge >= 0.3 is 0 Å². The maximum atomic E-state index is 13.8. The van der Waals surface area contributed by atoms with Crippen LogP contribution in [0.5, 0.6) is 0 Å². The van der Waals surface area contributed by atoms with Crippen LogP contribution >= 0.6 is 11.6 Å². The van der Waals surface area contributed by atoms with E-state index in [-0.39, 0.29) is 0 Å². The molecule has 0 saturated heterocycles. The standard InChI is InChI=1S/C26H23ClN6O2/c1-16-11-12-21(20(27)15-16)28-24(34)18(3)32-26(35)22-23(17(2)29-32)30-33(19-9-5-4-6-10-19)25(22)31-13-7-8-14-31/h4-15,18H,1-3H3,(H,28,34)/t18-/m1/s1. The van der Waals surface area contributed by atoms with E-state index in [9.17, 15) is 9.59 Å². The van der Waals surface area contributed by atoms with Crippen LogP contribution in [0.1, 0.15) is 24.2 Å². The summed E-state index contributed by atoms with van der Waals surface area (Å²) in [6.45, 7) is 5.33. The molecule has 0 aliphatic heterocycles. The van der Waals surface area contributed by atoms with Crippen LogP contribution in [0.4, 0.5) is 5.69 Å². The van der Waals surface area contributed by atoms with Gasteiger partial charge in [-0.2, -0.15) is 10.2 Å². The fourth-order valence-corrected chi connectivity index (χ4v) is 4.31. The summed E-state index contributed by atoms with van der Waals surface area (Å²) in [6.07, 6.45) is 3.70. The van der Waals surface area contributed by atoms with Gasteiger partial charge in [-0.1, -0.05) is 35.9 Å². The smallest absolute Gasteiger partial charge is 0.280 e. The molecule has 1 amide bonds. The minimum atomic E-state index is -0.888. The molecule has 176 valence electrons. The molecular formula is C26H23ClN6O2. The Morgan fingerprint density at radius 1 is 1.00 bits per heavy atom. The Balaban J connectivity index is 1.65. The minimum absolute atomic E-state index is 0.380. The SMILES string of the molecule is Cc1ccc(NC(=O)[C@@H](C)n2nc(C)c3nn(-c4ccccc4)c(-n4cccc4)c3c2=O)c(Cl)c1. The molecule has 3 heterocycles. The molecule has 8 nitrogen and oxygen atoms in total. The molecule has 0 radical (unpaired) electrons. The molecule has 5 rings (SSSR count). The zero-order valence-corrected chi connectivity index (χ0v) is 20.2. The number of anilines is 1. The first-order valence-corrected chi connectivity index (χ1v) is 11.5. The highest BCUT2D eigenvalue weighted by Crippen LogP contribution is 2.26. The summed E-state index contributed by atoms with van der Waals surface area (Å²) in [5.41, 5.74) is 2.87. The molecule has 0 bridgehead atoms. The first kappa shape index (κ1) is 22.6. The highest BCUT2D eigenvalue weighted by atomic mass is 35.5. The third-order valence-electron chi connectivity index (χ3n) is 5.86. The number of rotatable bonds is 5. The molecule has 0 aliphatic carbocycles. The molecule has 0 saturated carbocycles. The van der Waals surface area contributed by atoms with Crippen molar-refractivity contribution in [1.82, 2.24) is 24.1 Å². The largest absolute Gasteiger partial charge is 0.323 e. The molecule has 0 spiro atoms. The molecule has 2 aromatic carbocycles. The number of nitrogens with zero attached hydrogens (tertiary/aromatic N) is 5. The van der Waals surface area contributed by atoms with Crippen LogP contribution in [0.25, 0.3) is 22.4 Å². The second kappa shape index (κ2) is 8.88. The van der Waals surface area contributed by atoms with Crippen LogP contribution in [-0.2, 0) is 4.79 Å². The molecule has 0 fully saturated rings. The topological polar surface area (TPSA) is 86.7 Å². The Bertz CT molecular complexity index is 1600. The number of hydrogen-bond acceptors (Lipinski definition) is 4. The number of para-hydroxylation sites is 1. The van der Waals surface area contributed by atoms with Gasteiger partial charge in [0, 0.05) is 12.4 Å². The van der Waals surface area contributed by atoms with E-state index >= 15 is 0 Å². The van der Waals surface area contributed by atoms with Gasteiger partial charge in [0.2, 0.25) is 5.91 Å². The first-order chi connectivity index (χ1) is 16.8. The van der Waals surface area contributed by atoms with Gasteiger partial charge in [0.1, 0.15) is 16.9 Å². The predicted molar refractivity (Wildman–Crippen MR) is 137 cm³/mol. The number of aryl methyl sites for hydroxylation is 2. The Morgan fingerprint density at radius 3 is 2.40 bits per heavy atom. The number of aromatic nitrogens is 5. The van der Waals surface area contributed by atoms with Crippen molar-refractivity contribution in [3.05, 3.63) is 99.7 Å². The van der Waals surface area contributed by atoms with E-state index < -0.39 is 17.5 Å². The van der Waals surface area contributed by atoms with Crippen molar-refractivity contribution in [1.29, 1.82) is 0 Å². The number of fused-ring (bicyclic) bond motifs is 1. The van der Waals surface area contributed by atoms with Gasteiger partial charge in [0.05, 0.1) is 22.1 Å². The predicted octanol–water partition coefficient (Wildman–Crippen LogP) is 4.84. The average Bonchev–Trinajstić information content (AvgIpc) is 3.51. The lowest BCUT2D eigenvalue weighted by Gasteiger charge is -2.16. The van der Waals surface area contributed by atoms with E-state index in [4.69, 9.17) is 16.7 Å². The number of nitrogens with one attached hydrogen (secondary N) is 1. The molecule has 5 aromatic rings. The minimum Gasteiger partial charge on any atom is -0.323 e. The van der Waals surface area contributed by atoms with Gasteiger partial charge in [0.25, 0.3) is 5.56 Å². The van der Waals surface area contributed by atoms with Crippen molar-refractivity contribution in [2.24, 2.45) is 0 Å². The molecular weight excluding hydrogens is 464 g/mol. The van der Waals surface area contributed by atoms with E-state index in [1.807, 2.05) is 72.4 Å². The van der Waals surface area contributed by atoms with Gasteiger partial charge in [0.15, 0.2) is 5.82 Å². The van der Waals surface area contributed by atoms with E-state index in [0.717, 1.165) is 11.3 Å². The quantitative estimate of drug-likeness (QED) is 0.385. The van der Waals surface area contributed by atoms with E-state index in [0.29, 0.717) is 33.1 Å². The maximum absolute atomic E-state index is 13.8. The first-order valence-electron chi connectivity index (χ1n) is 11.1. The van der Waals surface area contributed by atoms with E-state index in [2.05, 4.69) is 10.4 Å². The number of carbonyl (C=O) groups is 1. The van der Waals surface area contributed by atoms with Gasteiger partial charge in [-0.05, 0) is 62.7 Å². The maximum Gasteiger partial charge on any atom is 0.280 e. The van der Waals surface area contributed by atoms with Crippen LogP contribution in [0, 0.1) is 13.8 Å². The molecule has 1 N–H and O–H groups in total. The summed E-state index contributed by atoms with van der Waals surface area (Å²) >= 11 is 6.29. The van der Waals surface area contributed by atoms with Crippen LogP contribution in [-0.4, -0.2) is 30.0 Å². The fourth-order valence-electron chi connectivity index (χ4n) is 4.02. The number of halogens is 1. The molecule has 9 heteroatoms. The van der Waals surface area contributed by atoms with Gasteiger partial charge in [-0.25, -0.2) is 9.36 Å². The summed E-state index contributed by atoms with van der Waals surface area (Å²) in [5.74, 6) is 0.178. The Labute approximate surface area is 206 Å². The van der Waals surface area contributed by atoms with Crippen LogP contribution in [0.2, 0.25) is 5.02 Å². The molecule has 35 heavy (non-hydrogen) atoms. The van der Waals surface area contributed by atoms with Crippen molar-refractivity contribution in [3.8, 4) is 11.5 Å². The van der Waals surface area contributed by atoms with Crippen molar-refractivity contribution in [2.75, 3.05) is 5.32 Å². The summed E-state index contributed by atoms with van der Waals surface area (Å²) < 4.78 is 4.77. The van der Waals surface area contributed by atoms with E-state index in [1.54, 1.807) is 30.7 Å². The zero-order chi connectivity index (χ0) is 24.7. The number of carbonyl (C=O) groups excluding carboxylic acids is 1. The zero-order valence-electron chi connectivity index (χ0n) is 19.4. The molecule has 3 aromatic heterocycles. The Kier molecular flexibility index (Phi) is 5.74. The number of amides is 1. The molecule has 0 unspecified atom stereocenters. The lowest BCUT2D eigenvalue weighted by Crippen LogP contribution is -2.34. The third-order valence-corrected chi connectivity index (χ3v) is 6.17. The number of benzene rings is 2. The highest BCUT2D eigenvalue weighted by Gasteiger charge is 2.25. The van der Waals surface area contributed by atoms with Crippen molar-refractivity contribution in [3.63, 3.8) is 0 Å². The number of hydrogen-bond donors (Lipinski definition) is 1. The monoisotopic (exact) mass is 486 g/mol. The second-order valence-corrected chi connectivity index (χ2v) is 8.78. The normalized spacial score (nSPS) is 12.1. The summed E-state index contributed by atoms with van der Waals surface area (Å²) in [5, 5.41) is 12.8. The molecule has 1 atom stereocenters. The van der Waals surface area contributed by atoms with Crippen LogP contribution in [0.15, 0.2) is 77.9 Å². The summed E-state index contributed by atoms with van der Waals surface area (Å²) in [6, 6.07) is 17.8. The summed E-state index contributed by atoms with van der Waals surface area (Å²) in [4.78, 5) is 26.9. The Hall–Kier alpha value is -4.17. The fraction of sp³-hybridized carbons (Fsp3) is 0.154. The average molecular weight is 487 g/mol. The molecule has 0 aliphatic rings. The third kappa shape index (κ3) is 4.02. The van der Waals surface area contributed by atoms with Gasteiger partial charge < -0.3 is 9.88 Å².